The van der Waals surface area contributed by atoms with Crippen LogP contribution in [0.1, 0.15) is 22.3 Å². The topological polar surface area (TPSA) is 89.0 Å². The normalized spacial score (nSPS) is 10.8. The quantitative estimate of drug-likeness (QED) is 0.177. The number of hydrogen-bond acceptors (Lipinski definition) is 5. The molecule has 0 atom stereocenters. The molecule has 0 saturated heterocycles. The number of nitrogens with one attached hydrogen (secondary N) is 2. The number of rotatable bonds is 7. The van der Waals surface area contributed by atoms with Crippen molar-refractivity contribution in [3.63, 3.8) is 0 Å². The van der Waals surface area contributed by atoms with Crippen molar-refractivity contribution in [3.8, 4) is 11.5 Å². The van der Waals surface area contributed by atoms with Gasteiger partial charge in [0.15, 0.2) is 0 Å². The fourth-order valence-corrected chi connectivity index (χ4v) is 5.56. The Morgan fingerprint density at radius 3 is 2.37 bits per heavy atom. The van der Waals surface area contributed by atoms with Gasteiger partial charge in [-0.3, -0.25) is 9.59 Å². The van der Waals surface area contributed by atoms with Crippen LogP contribution in [0.15, 0.2) is 67.1 Å². The number of aryl methyl sites for hydroxylation is 2. The van der Waals surface area contributed by atoms with E-state index in [0.29, 0.717) is 22.7 Å². The van der Waals surface area contributed by atoms with E-state index >= 15 is 0 Å². The van der Waals surface area contributed by atoms with Crippen molar-refractivity contribution >= 4 is 71.5 Å². The fourth-order valence-electron chi connectivity index (χ4n) is 3.07. The summed E-state index contributed by atoms with van der Waals surface area (Å²) < 4.78 is 13.9. The molecular weight excluding hydrogens is 646 g/mol. The molecule has 3 aromatic rings. The molecule has 0 unspecified atom stereocenters. The van der Waals surface area contributed by atoms with Gasteiger partial charge in [0.25, 0.3) is 0 Å². The van der Waals surface area contributed by atoms with Crippen molar-refractivity contribution in [1.82, 2.24) is 5.43 Å². The first kappa shape index (κ1) is 26.9. The smallest absolute Gasteiger partial charge is 0.329 e. The maximum Gasteiger partial charge on any atom is 0.329 e. The van der Waals surface area contributed by atoms with E-state index in [0.717, 1.165) is 30.1 Å². The molecular formula is C25H22Br3N3O4. The molecule has 10 heteroatoms. The summed E-state index contributed by atoms with van der Waals surface area (Å²) in [5, 5.41) is 6.51. The van der Waals surface area contributed by atoms with Crippen molar-refractivity contribution in [1.29, 1.82) is 0 Å². The summed E-state index contributed by atoms with van der Waals surface area (Å²) in [6.07, 6.45) is 1.44. The SMILES string of the molecule is COc1ccc(/C=N/NC(=O)C(=O)Nc2cc(C)ccc2C)cc1COc1c(Br)cc(Br)cc1Br. The van der Waals surface area contributed by atoms with Crippen LogP contribution in [0.4, 0.5) is 5.69 Å². The number of carbonyl (C=O) groups is 2. The molecule has 0 spiro atoms. The summed E-state index contributed by atoms with van der Waals surface area (Å²) in [6.45, 7) is 3.99. The van der Waals surface area contributed by atoms with Gasteiger partial charge in [0.2, 0.25) is 0 Å². The van der Waals surface area contributed by atoms with Crippen molar-refractivity contribution in [2.75, 3.05) is 12.4 Å². The molecule has 7 nitrogen and oxygen atoms in total. The number of methoxy groups -OCH3 is 1. The minimum absolute atomic E-state index is 0.230. The van der Waals surface area contributed by atoms with Gasteiger partial charge in [-0.15, -0.1) is 0 Å². The zero-order valence-corrected chi connectivity index (χ0v) is 23.9. The molecule has 0 aliphatic carbocycles. The highest BCUT2D eigenvalue weighted by molar-refractivity contribution is 9.11. The second-order valence-electron chi connectivity index (χ2n) is 7.53. The van der Waals surface area contributed by atoms with E-state index in [1.165, 1.54) is 6.21 Å². The van der Waals surface area contributed by atoms with E-state index in [2.05, 4.69) is 63.6 Å². The first-order valence-corrected chi connectivity index (χ1v) is 12.7. The Morgan fingerprint density at radius 1 is 0.971 bits per heavy atom. The van der Waals surface area contributed by atoms with E-state index in [1.807, 2.05) is 44.2 Å². The van der Waals surface area contributed by atoms with Crippen molar-refractivity contribution < 1.29 is 19.1 Å². The summed E-state index contributed by atoms with van der Waals surface area (Å²) in [5.41, 5.74) is 6.13. The van der Waals surface area contributed by atoms with Crippen LogP contribution >= 0.6 is 47.8 Å². The van der Waals surface area contributed by atoms with Crippen LogP contribution in [0.25, 0.3) is 0 Å². The van der Waals surface area contributed by atoms with E-state index < -0.39 is 11.8 Å². The molecule has 2 amide bonds. The number of anilines is 1. The lowest BCUT2D eigenvalue weighted by Gasteiger charge is -2.13. The predicted molar refractivity (Wildman–Crippen MR) is 147 cm³/mol. The van der Waals surface area contributed by atoms with Crippen LogP contribution in [0.2, 0.25) is 0 Å². The Labute approximate surface area is 228 Å². The largest absolute Gasteiger partial charge is 0.496 e. The van der Waals surface area contributed by atoms with Crippen LogP contribution in [0, 0.1) is 13.8 Å². The van der Waals surface area contributed by atoms with Gasteiger partial charge in [-0.2, -0.15) is 5.10 Å². The summed E-state index contributed by atoms with van der Waals surface area (Å²) in [4.78, 5) is 24.4. The molecule has 3 aromatic carbocycles. The molecule has 0 fully saturated rings. The number of hydrogen-bond donors (Lipinski definition) is 2. The zero-order chi connectivity index (χ0) is 25.5. The summed E-state index contributed by atoms with van der Waals surface area (Å²) in [6, 6.07) is 14.8. The van der Waals surface area contributed by atoms with Gasteiger partial charge in [-0.05, 0) is 98.8 Å². The Morgan fingerprint density at radius 2 is 1.69 bits per heavy atom. The first-order valence-electron chi connectivity index (χ1n) is 10.3. The van der Waals surface area contributed by atoms with Gasteiger partial charge >= 0.3 is 11.8 Å². The van der Waals surface area contributed by atoms with Crippen LogP contribution in [-0.4, -0.2) is 25.1 Å². The van der Waals surface area contributed by atoms with E-state index in [1.54, 1.807) is 25.3 Å². The van der Waals surface area contributed by atoms with Gasteiger partial charge in [0, 0.05) is 15.7 Å². The highest BCUT2D eigenvalue weighted by Crippen LogP contribution is 2.37. The lowest BCUT2D eigenvalue weighted by atomic mass is 10.1. The minimum Gasteiger partial charge on any atom is -0.496 e. The third-order valence-electron chi connectivity index (χ3n) is 4.87. The average Bonchev–Trinajstić information content (AvgIpc) is 2.80. The molecule has 0 bridgehead atoms. The molecule has 35 heavy (non-hydrogen) atoms. The Bertz CT molecular complexity index is 1270. The van der Waals surface area contributed by atoms with Gasteiger partial charge < -0.3 is 14.8 Å². The summed E-state index contributed by atoms with van der Waals surface area (Å²) >= 11 is 10.4. The third-order valence-corrected chi connectivity index (χ3v) is 6.50. The minimum atomic E-state index is -0.871. The van der Waals surface area contributed by atoms with Crippen LogP contribution < -0.4 is 20.2 Å². The molecule has 0 saturated carbocycles. The first-order chi connectivity index (χ1) is 16.7. The lowest BCUT2D eigenvalue weighted by Crippen LogP contribution is -2.32. The second-order valence-corrected chi connectivity index (χ2v) is 10.2. The van der Waals surface area contributed by atoms with E-state index in [4.69, 9.17) is 9.47 Å². The number of amides is 2. The molecule has 3 rings (SSSR count). The van der Waals surface area contributed by atoms with Gasteiger partial charge in [0.1, 0.15) is 18.1 Å². The van der Waals surface area contributed by atoms with Crippen LogP contribution in [0.3, 0.4) is 0 Å². The monoisotopic (exact) mass is 665 g/mol. The molecule has 0 aromatic heterocycles. The van der Waals surface area contributed by atoms with Crippen LogP contribution in [0.5, 0.6) is 11.5 Å². The molecule has 0 aliphatic rings. The van der Waals surface area contributed by atoms with Crippen molar-refractivity contribution in [2.45, 2.75) is 20.5 Å². The Hall–Kier alpha value is -2.69. The van der Waals surface area contributed by atoms with E-state index in [-0.39, 0.29) is 6.61 Å². The van der Waals surface area contributed by atoms with Crippen molar-refractivity contribution in [3.05, 3.63) is 84.2 Å². The van der Waals surface area contributed by atoms with E-state index in [9.17, 15) is 9.59 Å². The standard InChI is InChI=1S/C25H22Br3N3O4/c1-14-4-5-15(2)21(8-14)30-24(32)25(33)31-29-12-16-6-7-22(34-3)17(9-16)13-35-23-19(27)10-18(26)11-20(23)28/h4-12H,13H2,1-3H3,(H,30,32)(H,31,33)/b29-12+. The second kappa shape index (κ2) is 12.3. The summed E-state index contributed by atoms with van der Waals surface area (Å²) in [7, 11) is 1.58. The van der Waals surface area contributed by atoms with Crippen molar-refractivity contribution in [2.24, 2.45) is 5.10 Å². The lowest BCUT2D eigenvalue weighted by molar-refractivity contribution is -0.136. The highest BCUT2D eigenvalue weighted by atomic mass is 79.9. The predicted octanol–water partition coefficient (Wildman–Crippen LogP) is 6.27. The summed E-state index contributed by atoms with van der Waals surface area (Å²) in [5.74, 6) is -0.380. The number of nitrogens with zero attached hydrogens (tertiary/aromatic N) is 1. The third kappa shape index (κ3) is 7.39. The Kier molecular flexibility index (Phi) is 9.47. The number of carbonyl (C=O) groups excluding carboxylic acids is 2. The maximum atomic E-state index is 12.2. The molecule has 2 N–H and O–H groups in total. The molecule has 0 aliphatic heterocycles. The number of benzene rings is 3. The van der Waals surface area contributed by atoms with Gasteiger partial charge in [0.05, 0.1) is 22.3 Å². The number of halogens is 3. The molecule has 182 valence electrons. The maximum absolute atomic E-state index is 12.2. The fraction of sp³-hybridized carbons (Fsp3) is 0.160. The number of hydrazone groups is 1. The number of ether oxygens (including phenoxy) is 2. The molecule has 0 heterocycles. The van der Waals surface area contributed by atoms with Crippen LogP contribution in [-0.2, 0) is 16.2 Å². The van der Waals surface area contributed by atoms with Gasteiger partial charge in [-0.1, -0.05) is 28.1 Å². The Balaban J connectivity index is 1.65. The molecule has 0 radical (unpaired) electrons. The zero-order valence-electron chi connectivity index (χ0n) is 19.1. The van der Waals surface area contributed by atoms with Gasteiger partial charge in [-0.25, -0.2) is 5.43 Å². The average molecular weight is 668 g/mol. The highest BCUT2D eigenvalue weighted by Gasteiger charge is 2.14.